The fourth-order valence-electron chi connectivity index (χ4n) is 1.19. The van der Waals surface area contributed by atoms with E-state index in [2.05, 4.69) is 4.85 Å². The summed E-state index contributed by atoms with van der Waals surface area (Å²) in [5.41, 5.74) is 1.03. The molecule has 0 bridgehead atoms. The third-order valence-corrected chi connectivity index (χ3v) is 5.71. The van der Waals surface area contributed by atoms with Crippen molar-refractivity contribution in [3.05, 3.63) is 41.2 Å². The molecule has 0 heterocycles. The summed E-state index contributed by atoms with van der Waals surface area (Å²) in [4.78, 5) is 3.50. The Balaban J connectivity index is 3.34. The molecule has 1 atom stereocenters. The number of hydrogen-bond acceptors (Lipinski definition) is 1. The molecule has 0 saturated carbocycles. The Morgan fingerprint density at radius 1 is 1.40 bits per heavy atom. The van der Waals surface area contributed by atoms with Crippen molar-refractivity contribution in [3.63, 3.8) is 0 Å². The molecule has 1 unspecified atom stereocenters. The van der Waals surface area contributed by atoms with Crippen LogP contribution in [0.25, 0.3) is 4.85 Å². The molecule has 0 spiro atoms. The summed E-state index contributed by atoms with van der Waals surface area (Å²) in [5, 5.41) is -0.926. The predicted octanol–water partition coefficient (Wildman–Crippen LogP) is 2.54. The van der Waals surface area contributed by atoms with E-state index in [-0.39, 0.29) is 0 Å². The summed E-state index contributed by atoms with van der Waals surface area (Å²) in [6.45, 7) is 10.3. The number of benzene rings is 1. The topological polar surface area (TPSA) is 41.7 Å². The molecular weight excluding hydrogens is 210 g/mol. The first-order valence-electron chi connectivity index (χ1n) is 4.58. The molecule has 0 fully saturated rings. The minimum absolute atomic E-state index is 0.334. The van der Waals surface area contributed by atoms with Crippen LogP contribution in [0.5, 0.6) is 0 Å². The third kappa shape index (κ3) is 2.09. The summed E-state index contributed by atoms with van der Waals surface area (Å²) < 4.78 is 22.5. The van der Waals surface area contributed by atoms with Crippen LogP contribution < -0.4 is 0 Å². The Bertz CT molecular complexity index is 464. The summed E-state index contributed by atoms with van der Waals surface area (Å²) >= 11 is 0. The molecule has 1 aromatic carbocycles. The minimum Gasteiger partial charge on any atom is -0.293 e. The van der Waals surface area contributed by atoms with Gasteiger partial charge in [-0.25, -0.2) is 6.57 Å². The van der Waals surface area contributed by atoms with Crippen LogP contribution in [0.15, 0.2) is 29.2 Å². The average Bonchev–Trinajstić information content (AvgIpc) is 2.16. The van der Waals surface area contributed by atoms with Gasteiger partial charge in [0.05, 0.1) is 4.90 Å². The van der Waals surface area contributed by atoms with Gasteiger partial charge in [-0.15, -0.1) is 9.35 Å². The molecule has 82 valence electrons. The van der Waals surface area contributed by atoms with Gasteiger partial charge in [0.15, 0.2) is 0 Å². The maximum atomic E-state index is 12.4. The van der Waals surface area contributed by atoms with E-state index in [0.717, 1.165) is 5.56 Å². The first-order chi connectivity index (χ1) is 6.76. The number of nitrogens with zero attached hydrogens (tertiary/aromatic N) is 1. The Hall–Kier alpha value is -1.18. The van der Waals surface area contributed by atoms with Crippen LogP contribution in [0, 0.1) is 13.5 Å². The molecule has 1 rings (SSSR count). The number of aryl methyl sites for hydroxylation is 1. The maximum Gasteiger partial charge on any atom is 0.309 e. The lowest BCUT2D eigenvalue weighted by molar-refractivity contribution is 0.512. The quantitative estimate of drug-likeness (QED) is 0.786. The zero-order valence-corrected chi connectivity index (χ0v) is 9.91. The van der Waals surface area contributed by atoms with Crippen molar-refractivity contribution in [2.45, 2.75) is 24.1 Å². The van der Waals surface area contributed by atoms with Gasteiger partial charge < -0.3 is 0 Å². The second-order valence-corrected chi connectivity index (χ2v) is 7.77. The van der Waals surface area contributed by atoms with Crippen molar-refractivity contribution in [3.8, 4) is 0 Å². The first kappa shape index (κ1) is 11.9. The molecule has 4 heteroatoms. The van der Waals surface area contributed by atoms with Gasteiger partial charge in [-0.05, 0) is 19.1 Å². The van der Waals surface area contributed by atoms with Gasteiger partial charge in [0.2, 0.25) is 0 Å². The molecule has 0 saturated heterocycles. The van der Waals surface area contributed by atoms with Gasteiger partial charge in [0.25, 0.3) is 0 Å². The second kappa shape index (κ2) is 3.44. The lowest BCUT2D eigenvalue weighted by Crippen LogP contribution is -2.39. The Kier molecular flexibility index (Phi) is 2.73. The van der Waals surface area contributed by atoms with Crippen LogP contribution in [-0.2, 0) is 9.35 Å². The highest BCUT2D eigenvalue weighted by atomic mass is 32.3. The van der Waals surface area contributed by atoms with E-state index >= 15 is 0 Å². The van der Waals surface area contributed by atoms with Crippen LogP contribution in [0.1, 0.15) is 12.5 Å². The van der Waals surface area contributed by atoms with Crippen LogP contribution in [0.2, 0.25) is 0 Å². The molecule has 0 aliphatic rings. The van der Waals surface area contributed by atoms with Gasteiger partial charge in [0.1, 0.15) is 0 Å². The lowest BCUT2D eigenvalue weighted by Gasteiger charge is -2.37. The average molecular weight is 225 g/mol. The molecule has 3 nitrogen and oxygen atoms in total. The lowest BCUT2D eigenvalue weighted by atomic mass is 10.2. The molecular formula is C11H15NO2S. The van der Waals surface area contributed by atoms with Crippen LogP contribution in [0.3, 0.4) is 0 Å². The van der Waals surface area contributed by atoms with Gasteiger partial charge in [-0.2, -0.15) is 4.21 Å². The molecule has 0 aliphatic heterocycles. The fourth-order valence-corrected chi connectivity index (χ4v) is 2.63. The smallest absolute Gasteiger partial charge is 0.293 e. The zero-order chi connectivity index (χ0) is 11.7. The van der Waals surface area contributed by atoms with E-state index in [0.29, 0.717) is 4.90 Å². The summed E-state index contributed by atoms with van der Waals surface area (Å²) in [7, 11) is -4.02. The highest BCUT2D eigenvalue weighted by molar-refractivity contribution is 8.15. The molecule has 1 aromatic rings. The van der Waals surface area contributed by atoms with Crippen molar-refractivity contribution in [1.82, 2.24) is 0 Å². The normalized spacial score (nSPS) is 16.1. The van der Waals surface area contributed by atoms with E-state index < -0.39 is 14.7 Å². The summed E-state index contributed by atoms with van der Waals surface area (Å²) in [6, 6.07) is 6.79. The van der Waals surface area contributed by atoms with Crippen LogP contribution in [-0.4, -0.2) is 20.4 Å². The van der Waals surface area contributed by atoms with Crippen molar-refractivity contribution in [2.75, 3.05) is 6.26 Å². The van der Waals surface area contributed by atoms with Gasteiger partial charge in [0, 0.05) is 13.2 Å². The van der Waals surface area contributed by atoms with Crippen molar-refractivity contribution >= 4 is 9.35 Å². The Labute approximate surface area is 90.2 Å². The van der Waals surface area contributed by atoms with E-state index in [4.69, 9.17) is 6.57 Å². The molecule has 0 aromatic heterocycles. The minimum atomic E-state index is -4.02. The van der Waals surface area contributed by atoms with Crippen molar-refractivity contribution < 1.29 is 8.76 Å². The molecule has 0 amide bonds. The van der Waals surface area contributed by atoms with Gasteiger partial charge in [-0.3, -0.25) is 9.40 Å². The second-order valence-electron chi connectivity index (χ2n) is 3.90. The van der Waals surface area contributed by atoms with E-state index in [1.54, 1.807) is 24.3 Å². The van der Waals surface area contributed by atoms with Crippen molar-refractivity contribution in [1.29, 1.82) is 0 Å². The standard InChI is InChI=1S/C11H15NO2S/c1-9-5-7-11(8-6-9)15(4,13,14)10(2)12-3/h5-8,10H,1-2,4H3,(H,13,14). The summed E-state index contributed by atoms with van der Waals surface area (Å²) in [6.07, 6.45) is 1.25. The monoisotopic (exact) mass is 225 g/mol. The number of hydrogen-bond donors (Lipinski definition) is 1. The zero-order valence-electron chi connectivity index (χ0n) is 9.10. The highest BCUT2D eigenvalue weighted by Gasteiger charge is 2.36. The number of rotatable bonds is 2. The SMILES string of the molecule is [C-]#[N+]C(C)S(C)(=O)(O)c1ccc(C)cc1. The Morgan fingerprint density at radius 3 is 2.27 bits per heavy atom. The van der Waals surface area contributed by atoms with Crippen LogP contribution in [0.4, 0.5) is 0 Å². The van der Waals surface area contributed by atoms with Gasteiger partial charge in [-0.1, -0.05) is 17.7 Å². The molecule has 0 aliphatic carbocycles. The highest BCUT2D eigenvalue weighted by Crippen LogP contribution is 2.34. The maximum absolute atomic E-state index is 12.4. The van der Waals surface area contributed by atoms with Gasteiger partial charge >= 0.3 is 5.37 Å². The van der Waals surface area contributed by atoms with E-state index in [1.807, 2.05) is 6.92 Å². The van der Waals surface area contributed by atoms with E-state index in [1.165, 1.54) is 13.2 Å². The first-order valence-corrected chi connectivity index (χ1v) is 6.97. The van der Waals surface area contributed by atoms with Crippen molar-refractivity contribution in [2.24, 2.45) is 0 Å². The van der Waals surface area contributed by atoms with E-state index in [9.17, 15) is 8.76 Å². The molecule has 0 radical (unpaired) electrons. The van der Waals surface area contributed by atoms with Crippen LogP contribution >= 0.6 is 0 Å². The third-order valence-electron chi connectivity index (χ3n) is 2.58. The largest absolute Gasteiger partial charge is 0.309 e. The Morgan fingerprint density at radius 2 is 1.87 bits per heavy atom. The molecule has 15 heavy (non-hydrogen) atoms. The summed E-state index contributed by atoms with van der Waals surface area (Å²) in [5.74, 6) is 0. The predicted molar refractivity (Wildman–Crippen MR) is 62.2 cm³/mol. The molecule has 1 N–H and O–H groups in total. The fraction of sp³-hybridized carbons (Fsp3) is 0.364.